The molecule has 6 nitrogen and oxygen atoms in total. The SMILES string of the molecule is Cc1c2occc2cc2nc3c4[c-]c(Oc5[c-]c(-c6nc7ccccc7n6-c6c(C(C)C)cc(-c7ccccc7)cc6C(C)C)ccc5)ccc4c4ccccc4n3c12.[Pt+2]. The van der Waals surface area contributed by atoms with Crippen molar-refractivity contribution in [2.24, 2.45) is 0 Å². The molecule has 0 N–H and O–H groups in total. The number of hydrogen-bond donors (Lipinski definition) is 0. The summed E-state index contributed by atoms with van der Waals surface area (Å²) in [7, 11) is 0. The zero-order chi connectivity index (χ0) is 39.9. The van der Waals surface area contributed by atoms with Crippen molar-refractivity contribution >= 4 is 60.4 Å². The average molecular weight is 960 g/mol. The van der Waals surface area contributed by atoms with Crippen molar-refractivity contribution in [2.75, 3.05) is 0 Å². The Morgan fingerprint density at radius 2 is 1.35 bits per heavy atom. The maximum Gasteiger partial charge on any atom is 2.00 e. The summed E-state index contributed by atoms with van der Waals surface area (Å²) in [5.74, 6) is 2.48. The minimum absolute atomic E-state index is 0. The van der Waals surface area contributed by atoms with Gasteiger partial charge in [-0.15, -0.1) is 29.8 Å². The number of aryl methyl sites for hydroxylation is 1. The Morgan fingerprint density at radius 3 is 2.13 bits per heavy atom. The van der Waals surface area contributed by atoms with E-state index in [0.29, 0.717) is 11.5 Å². The van der Waals surface area contributed by atoms with Crippen LogP contribution >= 0.6 is 0 Å². The molecule has 0 amide bonds. The third kappa shape index (κ3) is 5.96. The Hall–Kier alpha value is -6.49. The fourth-order valence-corrected chi connectivity index (χ4v) is 8.93. The van der Waals surface area contributed by atoms with E-state index in [1.807, 2.05) is 24.3 Å². The standard InChI is InChI=1S/C53H40N4O2.Pt/c1-31(2)42-27-37(34-14-7-6-8-15-34)28-43(32(3)4)50(42)57-48-21-12-10-19-45(48)54-52(57)36-16-13-17-38(26-36)59-39-22-23-40-41-18-9-11-20-47(41)56-49-33(5)51-35(24-25-58-51)29-46(49)55-53(56)44(40)30-39;/h6-25,27-29,31-32H,1-5H3;/q-2;+2. The summed E-state index contributed by atoms with van der Waals surface area (Å²) in [5.41, 5.74) is 14.7. The molecule has 0 aliphatic heterocycles. The Bertz CT molecular complexity index is 3420. The topological polar surface area (TPSA) is 57.5 Å². The van der Waals surface area contributed by atoms with Gasteiger partial charge in [0.25, 0.3) is 0 Å². The largest absolute Gasteiger partial charge is 2.00 e. The number of furan rings is 1. The molecule has 0 spiro atoms. The van der Waals surface area contributed by atoms with E-state index in [2.05, 4.69) is 165 Å². The molecular formula is C53H40N4O2Pt. The van der Waals surface area contributed by atoms with Gasteiger partial charge in [-0.05, 0) is 88.9 Å². The molecule has 4 heterocycles. The second kappa shape index (κ2) is 14.7. The second-order valence-corrected chi connectivity index (χ2v) is 16.1. The molecule has 0 saturated carbocycles. The maximum absolute atomic E-state index is 6.67. The number of rotatable bonds is 7. The molecule has 0 aliphatic carbocycles. The first-order valence-corrected chi connectivity index (χ1v) is 20.3. The van der Waals surface area contributed by atoms with Crippen LogP contribution in [-0.2, 0) is 21.1 Å². The van der Waals surface area contributed by atoms with Crippen LogP contribution in [0.4, 0.5) is 0 Å². The summed E-state index contributed by atoms with van der Waals surface area (Å²) in [6.07, 6.45) is 1.74. The van der Waals surface area contributed by atoms with Crippen LogP contribution in [0.25, 0.3) is 88.6 Å². The maximum atomic E-state index is 6.67. The van der Waals surface area contributed by atoms with Gasteiger partial charge in [0.2, 0.25) is 0 Å². The van der Waals surface area contributed by atoms with Crippen LogP contribution in [0.3, 0.4) is 0 Å². The van der Waals surface area contributed by atoms with Crippen LogP contribution in [0.15, 0.2) is 144 Å². The van der Waals surface area contributed by atoms with Crippen molar-refractivity contribution in [3.05, 3.63) is 169 Å². The number of fused-ring (bicyclic) bond motifs is 10. The van der Waals surface area contributed by atoms with E-state index >= 15 is 0 Å². The van der Waals surface area contributed by atoms with E-state index in [9.17, 15) is 0 Å². The molecule has 4 aromatic heterocycles. The van der Waals surface area contributed by atoms with Gasteiger partial charge in [-0.3, -0.25) is 9.97 Å². The van der Waals surface area contributed by atoms with E-state index in [-0.39, 0.29) is 32.9 Å². The first-order chi connectivity index (χ1) is 28.8. The molecule has 0 radical (unpaired) electrons. The smallest absolute Gasteiger partial charge is 0.497 e. The summed E-state index contributed by atoms with van der Waals surface area (Å²) < 4.78 is 17.2. The van der Waals surface area contributed by atoms with Gasteiger partial charge in [0.15, 0.2) is 0 Å². The first-order valence-electron chi connectivity index (χ1n) is 20.3. The summed E-state index contributed by atoms with van der Waals surface area (Å²) in [4.78, 5) is 10.5. The predicted octanol–water partition coefficient (Wildman–Crippen LogP) is 14.2. The van der Waals surface area contributed by atoms with Crippen LogP contribution < -0.4 is 4.74 Å². The quantitative estimate of drug-likeness (QED) is 0.118. The van der Waals surface area contributed by atoms with Crippen molar-refractivity contribution in [3.63, 3.8) is 0 Å². The van der Waals surface area contributed by atoms with E-state index in [0.717, 1.165) is 77.3 Å². The Labute approximate surface area is 362 Å². The minimum atomic E-state index is 0. The Morgan fingerprint density at radius 1 is 0.633 bits per heavy atom. The molecular weight excluding hydrogens is 920 g/mol. The number of aromatic nitrogens is 4. The van der Waals surface area contributed by atoms with Gasteiger partial charge in [-0.25, -0.2) is 0 Å². The monoisotopic (exact) mass is 959 g/mol. The van der Waals surface area contributed by atoms with Gasteiger partial charge in [-0.2, -0.15) is 0 Å². The fraction of sp³-hybridized carbons (Fsp3) is 0.132. The number of nitrogens with zero attached hydrogens (tertiary/aromatic N) is 4. The molecule has 0 saturated heterocycles. The second-order valence-electron chi connectivity index (χ2n) is 16.1. The number of hydrogen-bond acceptors (Lipinski definition) is 4. The zero-order valence-electron chi connectivity index (χ0n) is 33.9. The number of imidazole rings is 2. The normalized spacial score (nSPS) is 11.9. The van der Waals surface area contributed by atoms with Gasteiger partial charge in [0.1, 0.15) is 5.58 Å². The molecule has 0 atom stereocenters. The molecule has 0 fully saturated rings. The molecule has 11 aromatic rings. The Balaban J connectivity index is 0.00000433. The van der Waals surface area contributed by atoms with Crippen LogP contribution in [0.1, 0.15) is 56.2 Å². The van der Waals surface area contributed by atoms with Crippen LogP contribution in [0.2, 0.25) is 0 Å². The van der Waals surface area contributed by atoms with E-state index < -0.39 is 0 Å². The van der Waals surface area contributed by atoms with Gasteiger partial charge in [0, 0.05) is 33.7 Å². The molecule has 0 unspecified atom stereocenters. The van der Waals surface area contributed by atoms with Gasteiger partial charge >= 0.3 is 21.1 Å². The fourth-order valence-electron chi connectivity index (χ4n) is 8.93. The average Bonchev–Trinajstić information content (AvgIpc) is 4.00. The molecule has 7 heteroatoms. The van der Waals surface area contributed by atoms with Gasteiger partial charge < -0.3 is 18.1 Å². The van der Waals surface area contributed by atoms with E-state index in [4.69, 9.17) is 19.1 Å². The van der Waals surface area contributed by atoms with Crippen LogP contribution in [0.5, 0.6) is 11.5 Å². The van der Waals surface area contributed by atoms with Gasteiger partial charge in [0.05, 0.1) is 39.8 Å². The van der Waals surface area contributed by atoms with Crippen molar-refractivity contribution < 1.29 is 30.2 Å². The first kappa shape index (κ1) is 37.8. The van der Waals surface area contributed by atoms with E-state index in [1.54, 1.807) is 6.26 Å². The Kier molecular flexibility index (Phi) is 9.22. The third-order valence-electron chi connectivity index (χ3n) is 11.7. The number of benzene rings is 7. The zero-order valence-corrected chi connectivity index (χ0v) is 36.1. The van der Waals surface area contributed by atoms with E-state index in [1.165, 1.54) is 27.9 Å². The third-order valence-corrected chi connectivity index (χ3v) is 11.7. The molecule has 0 bridgehead atoms. The number of ether oxygens (including phenoxy) is 1. The summed E-state index contributed by atoms with van der Waals surface area (Å²) >= 11 is 0. The number of para-hydroxylation sites is 3. The molecule has 11 rings (SSSR count). The molecule has 7 aromatic carbocycles. The van der Waals surface area contributed by atoms with Crippen molar-refractivity contribution in [1.29, 1.82) is 0 Å². The molecule has 294 valence electrons. The molecule has 60 heavy (non-hydrogen) atoms. The van der Waals surface area contributed by atoms with Crippen molar-refractivity contribution in [2.45, 2.75) is 46.5 Å². The van der Waals surface area contributed by atoms with Gasteiger partial charge in [-0.1, -0.05) is 117 Å². The predicted molar refractivity (Wildman–Crippen MR) is 240 cm³/mol. The summed E-state index contributed by atoms with van der Waals surface area (Å²) in [6, 6.07) is 53.7. The summed E-state index contributed by atoms with van der Waals surface area (Å²) in [6.45, 7) is 11.2. The summed E-state index contributed by atoms with van der Waals surface area (Å²) in [5, 5.41) is 4.09. The van der Waals surface area contributed by atoms with Crippen LogP contribution in [-0.4, -0.2) is 18.9 Å². The number of pyridine rings is 1. The van der Waals surface area contributed by atoms with Crippen molar-refractivity contribution in [1.82, 2.24) is 18.9 Å². The van der Waals surface area contributed by atoms with Crippen LogP contribution in [0, 0.1) is 19.1 Å². The minimum Gasteiger partial charge on any atom is -0.497 e. The van der Waals surface area contributed by atoms with Crippen molar-refractivity contribution in [3.8, 4) is 39.7 Å². The molecule has 0 aliphatic rings.